The Morgan fingerprint density at radius 2 is 1.57 bits per heavy atom. The van der Waals surface area contributed by atoms with Crippen molar-refractivity contribution in [3.63, 3.8) is 0 Å². The number of aliphatic imine (C=N–C) groups is 3. The highest BCUT2D eigenvalue weighted by Crippen LogP contribution is 2.39. The second-order valence-corrected chi connectivity index (χ2v) is 12.3. The third-order valence-electron chi connectivity index (χ3n) is 8.96. The molecule has 0 spiro atoms. The Morgan fingerprint density at radius 3 is 2.38 bits per heavy atom. The van der Waals surface area contributed by atoms with Crippen LogP contribution in [-0.4, -0.2) is 22.2 Å². The van der Waals surface area contributed by atoms with Crippen molar-refractivity contribution in [1.29, 1.82) is 0 Å². The molecule has 4 nitrogen and oxygen atoms in total. The maximum atomic E-state index is 5.12. The van der Waals surface area contributed by atoms with Crippen LogP contribution in [0.15, 0.2) is 143 Å². The quantitative estimate of drug-likeness (QED) is 0.139. The molecule has 0 radical (unpaired) electrons. The van der Waals surface area contributed by atoms with Crippen molar-refractivity contribution in [1.82, 2.24) is 4.98 Å². The predicted molar refractivity (Wildman–Crippen MR) is 200 cm³/mol. The van der Waals surface area contributed by atoms with Crippen LogP contribution in [0.5, 0.6) is 0 Å². The number of benzene rings is 4. The lowest BCUT2D eigenvalue weighted by molar-refractivity contribution is 0.742. The minimum Gasteiger partial charge on any atom is -0.255 e. The second kappa shape index (κ2) is 13.5. The summed E-state index contributed by atoms with van der Waals surface area (Å²) < 4.78 is 0. The molecular weight excluding hydrogens is 573 g/mol. The summed E-state index contributed by atoms with van der Waals surface area (Å²) in [5.41, 5.74) is 13.4. The van der Waals surface area contributed by atoms with E-state index in [9.17, 15) is 0 Å². The maximum absolute atomic E-state index is 5.12. The van der Waals surface area contributed by atoms with Gasteiger partial charge in [-0.05, 0) is 85.1 Å². The molecule has 1 aliphatic carbocycles. The van der Waals surface area contributed by atoms with Gasteiger partial charge in [0.25, 0.3) is 0 Å². The molecule has 0 bridgehead atoms. The summed E-state index contributed by atoms with van der Waals surface area (Å²) in [4.78, 5) is 20.0. The Bertz CT molecular complexity index is 2130. The molecule has 47 heavy (non-hydrogen) atoms. The Kier molecular flexibility index (Phi) is 8.66. The van der Waals surface area contributed by atoms with Crippen molar-refractivity contribution in [3.05, 3.63) is 161 Å². The van der Waals surface area contributed by atoms with Crippen LogP contribution in [-0.2, 0) is 0 Å². The molecule has 4 aromatic carbocycles. The van der Waals surface area contributed by atoms with E-state index in [-0.39, 0.29) is 0 Å². The molecule has 1 aliphatic heterocycles. The average molecular weight is 611 g/mol. The third-order valence-corrected chi connectivity index (χ3v) is 8.96. The van der Waals surface area contributed by atoms with Gasteiger partial charge < -0.3 is 0 Å². The van der Waals surface area contributed by atoms with E-state index < -0.39 is 0 Å². The molecule has 0 fully saturated rings. The first-order valence-corrected chi connectivity index (χ1v) is 16.4. The largest absolute Gasteiger partial charge is 0.255 e. The smallest absolute Gasteiger partial charge is 0.160 e. The molecule has 2 aliphatic rings. The number of amidine groups is 1. The summed E-state index contributed by atoms with van der Waals surface area (Å²) in [5, 5.41) is 1.08. The molecule has 4 heteroatoms. The van der Waals surface area contributed by atoms with Crippen LogP contribution in [0.25, 0.3) is 27.7 Å². The summed E-state index contributed by atoms with van der Waals surface area (Å²) in [7, 11) is 0. The van der Waals surface area contributed by atoms with E-state index in [0.29, 0.717) is 11.5 Å². The predicted octanol–water partition coefficient (Wildman–Crippen LogP) is 11.0. The van der Waals surface area contributed by atoms with Gasteiger partial charge in [0.15, 0.2) is 5.84 Å². The van der Waals surface area contributed by atoms with Crippen molar-refractivity contribution < 1.29 is 0 Å². The molecule has 1 aromatic heterocycles. The van der Waals surface area contributed by atoms with Gasteiger partial charge in [-0.25, -0.2) is 9.98 Å². The minimum atomic E-state index is 0.624. The maximum Gasteiger partial charge on any atom is 0.160 e. The number of hydrogen-bond acceptors (Lipinski definition) is 3. The first-order valence-electron chi connectivity index (χ1n) is 16.4. The fourth-order valence-corrected chi connectivity index (χ4v) is 6.38. The summed E-state index contributed by atoms with van der Waals surface area (Å²) in [6, 6.07) is 35.8. The number of nitrogens with zero attached hydrogens (tertiary/aromatic N) is 4. The van der Waals surface area contributed by atoms with Crippen LogP contribution < -0.4 is 0 Å². The average Bonchev–Trinajstić information content (AvgIpc) is 3.30. The summed E-state index contributed by atoms with van der Waals surface area (Å²) >= 11 is 0. The normalized spacial score (nSPS) is 15.3. The molecule has 0 N–H and O–H groups in total. The summed E-state index contributed by atoms with van der Waals surface area (Å²) in [6.07, 6.45) is 12.1. The van der Waals surface area contributed by atoms with Gasteiger partial charge in [-0.3, -0.25) is 9.98 Å². The standard InChI is InChI=1S/C43H38N4/c1-29-19-25-39(40-26-24-36-18-11-27-44-41(36)42(40)45-29)37-16-10-17-38(28-37)43(46-30(2)32-12-6-4-7-13-32)47-31(3)33-20-22-35(23-21-33)34-14-8-5-9-15-34/h4,6-7,10-14,16-18,20-28H,3,5,8-9,15,19H2,1-2H3/b46-30+,47-43-. The van der Waals surface area contributed by atoms with Crippen LogP contribution in [0.1, 0.15) is 79.3 Å². The van der Waals surface area contributed by atoms with Crippen LogP contribution in [0.4, 0.5) is 5.69 Å². The van der Waals surface area contributed by atoms with E-state index >= 15 is 0 Å². The molecule has 7 rings (SSSR count). The van der Waals surface area contributed by atoms with Gasteiger partial charge >= 0.3 is 0 Å². The number of fused-ring (bicyclic) bond motifs is 3. The van der Waals surface area contributed by atoms with Crippen molar-refractivity contribution >= 4 is 50.7 Å². The van der Waals surface area contributed by atoms with E-state index in [4.69, 9.17) is 20.0 Å². The van der Waals surface area contributed by atoms with Crippen molar-refractivity contribution in [2.45, 2.75) is 46.0 Å². The van der Waals surface area contributed by atoms with Gasteiger partial charge in [0.05, 0.1) is 16.9 Å². The lowest BCUT2D eigenvalue weighted by Gasteiger charge is -2.14. The highest BCUT2D eigenvalue weighted by atomic mass is 14.9. The highest BCUT2D eigenvalue weighted by molar-refractivity contribution is 6.13. The zero-order valence-electron chi connectivity index (χ0n) is 27.1. The Balaban J connectivity index is 1.29. The third kappa shape index (κ3) is 6.59. The molecule has 230 valence electrons. The zero-order chi connectivity index (χ0) is 32.2. The van der Waals surface area contributed by atoms with Crippen LogP contribution >= 0.6 is 0 Å². The van der Waals surface area contributed by atoms with Crippen LogP contribution in [0.2, 0.25) is 0 Å². The van der Waals surface area contributed by atoms with Gasteiger partial charge in [0, 0.05) is 40.6 Å². The molecule has 5 aromatic rings. The summed E-state index contributed by atoms with van der Waals surface area (Å²) in [6.45, 7) is 8.51. The Labute approximate surface area is 277 Å². The van der Waals surface area contributed by atoms with Crippen molar-refractivity contribution in [2.24, 2.45) is 15.0 Å². The topological polar surface area (TPSA) is 50.0 Å². The number of allylic oxidation sites excluding steroid dienone is 3. The lowest BCUT2D eigenvalue weighted by atomic mass is 9.93. The number of pyridine rings is 1. The number of rotatable bonds is 6. The number of aromatic nitrogens is 1. The zero-order valence-corrected chi connectivity index (χ0v) is 27.1. The van der Waals surface area contributed by atoms with Crippen LogP contribution in [0, 0.1) is 0 Å². The lowest BCUT2D eigenvalue weighted by Crippen LogP contribution is -2.05. The Morgan fingerprint density at radius 1 is 0.745 bits per heavy atom. The fourth-order valence-electron chi connectivity index (χ4n) is 6.38. The first kappa shape index (κ1) is 30.2. The molecule has 0 amide bonds. The van der Waals surface area contributed by atoms with Gasteiger partial charge in [0.2, 0.25) is 0 Å². The fraction of sp³-hybridized carbons (Fsp3) is 0.163. The minimum absolute atomic E-state index is 0.624. The highest BCUT2D eigenvalue weighted by Gasteiger charge is 2.18. The van der Waals surface area contributed by atoms with Gasteiger partial charge in [-0.2, -0.15) is 0 Å². The van der Waals surface area contributed by atoms with E-state index in [2.05, 4.69) is 105 Å². The molecule has 2 heterocycles. The van der Waals surface area contributed by atoms with Gasteiger partial charge in [-0.1, -0.05) is 110 Å². The molecule has 0 unspecified atom stereocenters. The number of hydrogen-bond donors (Lipinski definition) is 0. The SMILES string of the molecule is C=C(/N=C(\N=C(/C)c1ccccc1)c1cccc(C2=CCC(C)=Nc3c2ccc2cccnc32)c1)c1ccc(C2=CCCCC2)cc1. The molecule has 0 saturated carbocycles. The molecular formula is C43H38N4. The summed E-state index contributed by atoms with van der Waals surface area (Å²) in [5.74, 6) is 0.624. The van der Waals surface area contributed by atoms with E-state index in [1.807, 2.05) is 37.4 Å². The van der Waals surface area contributed by atoms with Crippen molar-refractivity contribution in [3.8, 4) is 0 Å². The van der Waals surface area contributed by atoms with Crippen molar-refractivity contribution in [2.75, 3.05) is 0 Å². The van der Waals surface area contributed by atoms with E-state index in [1.165, 1.54) is 24.0 Å². The van der Waals surface area contributed by atoms with E-state index in [1.54, 1.807) is 0 Å². The Hall–Kier alpha value is -5.48. The van der Waals surface area contributed by atoms with Crippen LogP contribution in [0.3, 0.4) is 0 Å². The van der Waals surface area contributed by atoms with Gasteiger partial charge in [0.1, 0.15) is 0 Å². The monoisotopic (exact) mass is 610 g/mol. The molecule has 0 atom stereocenters. The van der Waals surface area contributed by atoms with Gasteiger partial charge in [-0.15, -0.1) is 0 Å². The first-order chi connectivity index (χ1) is 23.0. The molecule has 0 saturated heterocycles. The van der Waals surface area contributed by atoms with E-state index in [0.717, 1.165) is 80.7 Å². The second-order valence-electron chi connectivity index (χ2n) is 12.3.